The highest BCUT2D eigenvalue weighted by molar-refractivity contribution is 7.89. The number of methoxy groups -OCH3 is 1. The largest absolute Gasteiger partial charge is 0.496 e. The van der Waals surface area contributed by atoms with Crippen LogP contribution in [0.4, 0.5) is 0 Å². The SMILES string of the molecule is COc1c(C)cc(S(=O)(=O)NCc2ccc3c(c2)OCO3)c(C)c1C. The molecular formula is C18H21NO5S. The van der Waals surface area contributed by atoms with Gasteiger partial charge >= 0.3 is 0 Å². The van der Waals surface area contributed by atoms with Crippen LogP contribution < -0.4 is 18.9 Å². The Morgan fingerprint density at radius 2 is 1.80 bits per heavy atom. The van der Waals surface area contributed by atoms with Gasteiger partial charge in [0, 0.05) is 6.54 Å². The lowest BCUT2D eigenvalue weighted by atomic mass is 10.1. The average Bonchev–Trinajstić information content (AvgIpc) is 3.04. The molecule has 134 valence electrons. The van der Waals surface area contributed by atoms with Crippen LogP contribution >= 0.6 is 0 Å². The van der Waals surface area contributed by atoms with Gasteiger partial charge in [-0.15, -0.1) is 0 Å². The monoisotopic (exact) mass is 363 g/mol. The van der Waals surface area contributed by atoms with Crippen LogP contribution in [0.2, 0.25) is 0 Å². The minimum Gasteiger partial charge on any atom is -0.496 e. The molecule has 1 aliphatic rings. The van der Waals surface area contributed by atoms with Crippen molar-refractivity contribution in [2.24, 2.45) is 0 Å². The Labute approximate surface area is 147 Å². The Hall–Kier alpha value is -2.25. The van der Waals surface area contributed by atoms with Gasteiger partial charge in [-0.05, 0) is 61.2 Å². The highest BCUT2D eigenvalue weighted by Gasteiger charge is 2.21. The van der Waals surface area contributed by atoms with Crippen molar-refractivity contribution >= 4 is 10.0 Å². The Balaban J connectivity index is 1.85. The first-order valence-corrected chi connectivity index (χ1v) is 9.35. The summed E-state index contributed by atoms with van der Waals surface area (Å²) in [4.78, 5) is 0.268. The van der Waals surface area contributed by atoms with Gasteiger partial charge in [0.1, 0.15) is 5.75 Å². The van der Waals surface area contributed by atoms with Crippen LogP contribution in [0.1, 0.15) is 22.3 Å². The molecule has 25 heavy (non-hydrogen) atoms. The third-order valence-corrected chi connectivity index (χ3v) is 5.90. The molecule has 0 aliphatic carbocycles. The average molecular weight is 363 g/mol. The number of fused-ring (bicyclic) bond motifs is 1. The molecule has 0 radical (unpaired) electrons. The number of hydrogen-bond acceptors (Lipinski definition) is 5. The molecule has 0 amide bonds. The molecule has 2 aromatic rings. The second-order valence-corrected chi connectivity index (χ2v) is 7.72. The van der Waals surface area contributed by atoms with Gasteiger partial charge in [0.15, 0.2) is 11.5 Å². The van der Waals surface area contributed by atoms with E-state index in [2.05, 4.69) is 4.72 Å². The summed E-state index contributed by atoms with van der Waals surface area (Å²) in [5.74, 6) is 2.01. The number of aryl methyl sites for hydroxylation is 1. The van der Waals surface area contributed by atoms with E-state index in [1.54, 1.807) is 32.2 Å². The van der Waals surface area contributed by atoms with E-state index >= 15 is 0 Å². The van der Waals surface area contributed by atoms with Crippen LogP contribution in [0.3, 0.4) is 0 Å². The molecule has 0 aromatic heterocycles. The summed E-state index contributed by atoms with van der Waals surface area (Å²) < 4.78 is 44.1. The fourth-order valence-corrected chi connectivity index (χ4v) is 4.32. The van der Waals surface area contributed by atoms with Gasteiger partial charge in [-0.2, -0.15) is 0 Å². The fourth-order valence-electron chi connectivity index (χ4n) is 2.92. The van der Waals surface area contributed by atoms with Crippen molar-refractivity contribution in [3.05, 3.63) is 46.5 Å². The maximum atomic E-state index is 12.8. The molecule has 1 aliphatic heterocycles. The zero-order valence-electron chi connectivity index (χ0n) is 14.7. The molecule has 3 rings (SSSR count). The first kappa shape index (κ1) is 17.6. The summed E-state index contributed by atoms with van der Waals surface area (Å²) in [5.41, 5.74) is 3.09. The fraction of sp³-hybridized carbons (Fsp3) is 0.333. The standard InChI is InChI=1S/C18H21NO5S/c1-11-7-17(12(2)13(3)18(11)22-4)25(20,21)19-9-14-5-6-15-16(8-14)24-10-23-15/h5-8,19H,9-10H2,1-4H3. The van der Waals surface area contributed by atoms with E-state index < -0.39 is 10.0 Å². The molecule has 6 nitrogen and oxygen atoms in total. The molecule has 0 fully saturated rings. The van der Waals surface area contributed by atoms with Crippen LogP contribution in [0.5, 0.6) is 17.2 Å². The number of rotatable bonds is 5. The Bertz CT molecular complexity index is 922. The highest BCUT2D eigenvalue weighted by Crippen LogP contribution is 2.33. The summed E-state index contributed by atoms with van der Waals surface area (Å²) in [7, 11) is -2.07. The molecule has 0 unspecified atom stereocenters. The smallest absolute Gasteiger partial charge is 0.241 e. The van der Waals surface area contributed by atoms with E-state index in [-0.39, 0.29) is 18.2 Å². The molecule has 0 atom stereocenters. The summed E-state index contributed by atoms with van der Waals surface area (Å²) in [6, 6.07) is 7.01. The normalized spacial score (nSPS) is 13.1. The topological polar surface area (TPSA) is 73.9 Å². The lowest BCUT2D eigenvalue weighted by Gasteiger charge is -2.16. The lowest BCUT2D eigenvalue weighted by Crippen LogP contribution is -2.24. The molecule has 1 N–H and O–H groups in total. The molecular weight excluding hydrogens is 342 g/mol. The molecule has 1 heterocycles. The van der Waals surface area contributed by atoms with E-state index in [0.717, 1.165) is 16.7 Å². The van der Waals surface area contributed by atoms with Crippen molar-refractivity contribution in [3.63, 3.8) is 0 Å². The first-order valence-electron chi connectivity index (χ1n) is 7.86. The van der Waals surface area contributed by atoms with Gasteiger partial charge in [-0.25, -0.2) is 13.1 Å². The van der Waals surface area contributed by atoms with Crippen molar-refractivity contribution in [1.29, 1.82) is 0 Å². The summed E-state index contributed by atoms with van der Waals surface area (Å²) in [6.45, 7) is 5.84. The third kappa shape index (κ3) is 3.29. The summed E-state index contributed by atoms with van der Waals surface area (Å²) in [5, 5.41) is 0. The van der Waals surface area contributed by atoms with E-state index in [9.17, 15) is 8.42 Å². The zero-order chi connectivity index (χ0) is 18.2. The number of sulfonamides is 1. The second kappa shape index (κ2) is 6.57. The van der Waals surface area contributed by atoms with Crippen molar-refractivity contribution < 1.29 is 22.6 Å². The van der Waals surface area contributed by atoms with Crippen LogP contribution in [-0.2, 0) is 16.6 Å². The van der Waals surface area contributed by atoms with Gasteiger partial charge in [0.05, 0.1) is 12.0 Å². The number of ether oxygens (including phenoxy) is 3. The number of nitrogens with one attached hydrogen (secondary N) is 1. The Morgan fingerprint density at radius 1 is 1.08 bits per heavy atom. The van der Waals surface area contributed by atoms with Gasteiger partial charge in [-0.1, -0.05) is 6.07 Å². The molecule has 2 aromatic carbocycles. The predicted molar refractivity (Wildman–Crippen MR) is 93.8 cm³/mol. The van der Waals surface area contributed by atoms with Crippen LogP contribution in [0.15, 0.2) is 29.2 Å². The van der Waals surface area contributed by atoms with Crippen molar-refractivity contribution in [2.75, 3.05) is 13.9 Å². The highest BCUT2D eigenvalue weighted by atomic mass is 32.2. The maximum absolute atomic E-state index is 12.8. The third-order valence-electron chi connectivity index (χ3n) is 4.38. The summed E-state index contributed by atoms with van der Waals surface area (Å²) >= 11 is 0. The van der Waals surface area contributed by atoms with Crippen molar-refractivity contribution in [2.45, 2.75) is 32.2 Å². The number of hydrogen-bond donors (Lipinski definition) is 1. The molecule has 7 heteroatoms. The molecule has 0 bridgehead atoms. The van der Waals surface area contributed by atoms with Gasteiger partial charge in [0.25, 0.3) is 0 Å². The minimum atomic E-state index is -3.65. The van der Waals surface area contributed by atoms with Crippen molar-refractivity contribution in [3.8, 4) is 17.2 Å². The Morgan fingerprint density at radius 3 is 2.52 bits per heavy atom. The van der Waals surface area contributed by atoms with E-state index in [0.29, 0.717) is 22.8 Å². The van der Waals surface area contributed by atoms with Gasteiger partial charge in [0.2, 0.25) is 16.8 Å². The zero-order valence-corrected chi connectivity index (χ0v) is 15.5. The van der Waals surface area contributed by atoms with Crippen LogP contribution in [0, 0.1) is 20.8 Å². The first-order chi connectivity index (χ1) is 11.8. The van der Waals surface area contributed by atoms with Gasteiger partial charge < -0.3 is 14.2 Å². The van der Waals surface area contributed by atoms with Gasteiger partial charge in [-0.3, -0.25) is 0 Å². The molecule has 0 saturated heterocycles. The van der Waals surface area contributed by atoms with Crippen molar-refractivity contribution in [1.82, 2.24) is 4.72 Å². The van der Waals surface area contributed by atoms with E-state index in [1.807, 2.05) is 19.9 Å². The Kier molecular flexibility index (Phi) is 4.62. The summed E-state index contributed by atoms with van der Waals surface area (Å²) in [6.07, 6.45) is 0. The quantitative estimate of drug-likeness (QED) is 0.884. The second-order valence-electron chi connectivity index (χ2n) is 5.99. The molecule has 0 saturated carbocycles. The number of benzene rings is 2. The molecule has 0 spiro atoms. The predicted octanol–water partition coefficient (Wildman–Crippen LogP) is 2.83. The maximum Gasteiger partial charge on any atom is 0.241 e. The van der Waals surface area contributed by atoms with E-state index in [4.69, 9.17) is 14.2 Å². The van der Waals surface area contributed by atoms with Crippen LogP contribution in [-0.4, -0.2) is 22.3 Å². The van der Waals surface area contributed by atoms with E-state index in [1.165, 1.54) is 0 Å². The van der Waals surface area contributed by atoms with Crippen LogP contribution in [0.25, 0.3) is 0 Å². The minimum absolute atomic E-state index is 0.169. The lowest BCUT2D eigenvalue weighted by molar-refractivity contribution is 0.174.